The number of nitrogens with two attached hydrogens (primary N) is 1. The molecule has 1 aromatic rings. The Morgan fingerprint density at radius 1 is 1.62 bits per heavy atom. The van der Waals surface area contributed by atoms with Gasteiger partial charge >= 0.3 is 6.09 Å². The highest BCUT2D eigenvalue weighted by Crippen LogP contribution is 2.25. The molecule has 0 atom stereocenters. The first-order valence-electron chi connectivity index (χ1n) is 3.57. The Kier molecular flexibility index (Phi) is 2.59. The van der Waals surface area contributed by atoms with Gasteiger partial charge < -0.3 is 15.6 Å². The summed E-state index contributed by atoms with van der Waals surface area (Å²) in [4.78, 5) is 10.7. The van der Waals surface area contributed by atoms with Crippen LogP contribution in [0.4, 0.5) is 16.2 Å². The summed E-state index contributed by atoms with van der Waals surface area (Å²) in [6, 6.07) is 4.39. The van der Waals surface area contributed by atoms with Crippen LogP contribution < -0.4 is 11.1 Å². The molecule has 70 valence electrons. The molecular formula is C8H10N2O3. The van der Waals surface area contributed by atoms with Crippen LogP contribution in [0.1, 0.15) is 0 Å². The number of hydrogen-bond acceptors (Lipinski definition) is 4. The van der Waals surface area contributed by atoms with E-state index in [1.807, 2.05) is 0 Å². The van der Waals surface area contributed by atoms with Crippen LogP contribution in [0.5, 0.6) is 5.75 Å². The smallest absolute Gasteiger partial charge is 0.411 e. The average molecular weight is 182 g/mol. The molecule has 0 unspecified atom stereocenters. The summed E-state index contributed by atoms with van der Waals surface area (Å²) in [7, 11) is 1.24. The molecule has 0 fully saturated rings. The van der Waals surface area contributed by atoms with Crippen molar-refractivity contribution in [3.63, 3.8) is 0 Å². The SMILES string of the molecule is COC(=O)Nc1ccc(N)cc1O. The number of benzene rings is 1. The van der Waals surface area contributed by atoms with Crippen LogP contribution in [0.15, 0.2) is 18.2 Å². The van der Waals surface area contributed by atoms with Crippen LogP contribution >= 0.6 is 0 Å². The van der Waals surface area contributed by atoms with Crippen molar-refractivity contribution in [2.75, 3.05) is 18.2 Å². The standard InChI is InChI=1S/C8H10N2O3/c1-13-8(12)10-6-3-2-5(9)4-7(6)11/h2-4,11H,9H2,1H3,(H,10,12). The normalized spacial score (nSPS) is 9.31. The molecule has 0 radical (unpaired) electrons. The fourth-order valence-electron chi connectivity index (χ4n) is 0.815. The van der Waals surface area contributed by atoms with Gasteiger partial charge in [0.25, 0.3) is 0 Å². The van der Waals surface area contributed by atoms with E-state index in [-0.39, 0.29) is 11.4 Å². The van der Waals surface area contributed by atoms with Crippen molar-refractivity contribution < 1.29 is 14.6 Å². The van der Waals surface area contributed by atoms with Gasteiger partial charge in [-0.3, -0.25) is 5.32 Å². The third kappa shape index (κ3) is 2.26. The van der Waals surface area contributed by atoms with Gasteiger partial charge in [-0.05, 0) is 12.1 Å². The highest BCUT2D eigenvalue weighted by atomic mass is 16.5. The number of nitrogen functional groups attached to an aromatic ring is 1. The fourth-order valence-corrected chi connectivity index (χ4v) is 0.815. The number of nitrogens with one attached hydrogen (secondary N) is 1. The number of carbonyl (C=O) groups excluding carboxylic acids is 1. The predicted molar refractivity (Wildman–Crippen MR) is 48.5 cm³/mol. The van der Waals surface area contributed by atoms with Crippen LogP contribution in [0.25, 0.3) is 0 Å². The van der Waals surface area contributed by atoms with Crippen molar-refractivity contribution in [1.82, 2.24) is 0 Å². The number of anilines is 2. The number of hydrogen-bond donors (Lipinski definition) is 3. The predicted octanol–water partition coefficient (Wildman–Crippen LogP) is 1.15. The quantitative estimate of drug-likeness (QED) is 0.449. The molecule has 13 heavy (non-hydrogen) atoms. The highest BCUT2D eigenvalue weighted by Gasteiger charge is 2.05. The van der Waals surface area contributed by atoms with Gasteiger partial charge in [0, 0.05) is 11.8 Å². The minimum Gasteiger partial charge on any atom is -0.506 e. The van der Waals surface area contributed by atoms with Crippen molar-refractivity contribution in [2.24, 2.45) is 0 Å². The first-order chi connectivity index (χ1) is 6.13. The Labute approximate surface area is 75.1 Å². The second-order valence-corrected chi connectivity index (χ2v) is 2.39. The van der Waals surface area contributed by atoms with Gasteiger partial charge in [0.2, 0.25) is 0 Å². The van der Waals surface area contributed by atoms with Crippen LogP contribution in [0.3, 0.4) is 0 Å². The zero-order chi connectivity index (χ0) is 9.84. The molecule has 1 aromatic carbocycles. The summed E-state index contributed by atoms with van der Waals surface area (Å²) >= 11 is 0. The highest BCUT2D eigenvalue weighted by molar-refractivity contribution is 5.86. The molecule has 4 N–H and O–H groups in total. The first-order valence-corrected chi connectivity index (χ1v) is 3.57. The number of phenolic OH excluding ortho intramolecular Hbond substituents is 1. The van der Waals surface area contributed by atoms with E-state index < -0.39 is 6.09 Å². The second-order valence-electron chi connectivity index (χ2n) is 2.39. The number of carbonyl (C=O) groups is 1. The van der Waals surface area contributed by atoms with E-state index in [1.54, 1.807) is 6.07 Å². The van der Waals surface area contributed by atoms with Gasteiger partial charge in [0.1, 0.15) is 5.75 Å². The van der Waals surface area contributed by atoms with Gasteiger partial charge in [-0.15, -0.1) is 0 Å². The summed E-state index contributed by atoms with van der Waals surface area (Å²) in [6.45, 7) is 0. The molecule has 1 amide bonds. The van der Waals surface area contributed by atoms with E-state index in [4.69, 9.17) is 5.73 Å². The van der Waals surface area contributed by atoms with Crippen LogP contribution in [-0.2, 0) is 4.74 Å². The lowest BCUT2D eigenvalue weighted by Crippen LogP contribution is -2.10. The molecule has 5 nitrogen and oxygen atoms in total. The Balaban J connectivity index is 2.83. The van der Waals surface area contributed by atoms with Crippen molar-refractivity contribution in [1.29, 1.82) is 0 Å². The molecule has 1 rings (SSSR count). The number of phenols is 1. The largest absolute Gasteiger partial charge is 0.506 e. The van der Waals surface area contributed by atoms with Gasteiger partial charge in [-0.2, -0.15) is 0 Å². The van der Waals surface area contributed by atoms with Crippen molar-refractivity contribution in [2.45, 2.75) is 0 Å². The summed E-state index contributed by atoms with van der Waals surface area (Å²) in [6.07, 6.45) is -0.639. The number of aromatic hydroxyl groups is 1. The van der Waals surface area contributed by atoms with Crippen LogP contribution in [0, 0.1) is 0 Å². The molecule has 0 saturated heterocycles. The van der Waals surface area contributed by atoms with E-state index in [1.165, 1.54) is 19.2 Å². The molecule has 5 heteroatoms. The van der Waals surface area contributed by atoms with E-state index in [0.29, 0.717) is 5.69 Å². The Hall–Kier alpha value is -1.91. The number of ether oxygens (including phenoxy) is 1. The summed E-state index contributed by atoms with van der Waals surface area (Å²) in [5.41, 5.74) is 6.08. The van der Waals surface area contributed by atoms with E-state index in [0.717, 1.165) is 0 Å². The minimum atomic E-state index is -0.639. The zero-order valence-corrected chi connectivity index (χ0v) is 7.07. The minimum absolute atomic E-state index is 0.0922. The summed E-state index contributed by atoms with van der Waals surface area (Å²) in [5.74, 6) is -0.0922. The van der Waals surface area contributed by atoms with Crippen LogP contribution in [0.2, 0.25) is 0 Å². The summed E-state index contributed by atoms with van der Waals surface area (Å²) < 4.78 is 4.35. The summed E-state index contributed by atoms with van der Waals surface area (Å²) in [5, 5.41) is 11.6. The number of methoxy groups -OCH3 is 1. The molecule has 0 bridgehead atoms. The first kappa shape index (κ1) is 9.18. The van der Waals surface area contributed by atoms with Crippen molar-refractivity contribution in [3.8, 4) is 5.75 Å². The maximum Gasteiger partial charge on any atom is 0.411 e. The van der Waals surface area contributed by atoms with Crippen molar-refractivity contribution in [3.05, 3.63) is 18.2 Å². The molecule has 0 saturated carbocycles. The maximum absolute atomic E-state index is 10.7. The lowest BCUT2D eigenvalue weighted by molar-refractivity contribution is 0.187. The van der Waals surface area contributed by atoms with E-state index in [9.17, 15) is 9.90 Å². The molecule has 0 aliphatic rings. The Morgan fingerprint density at radius 3 is 2.85 bits per heavy atom. The third-order valence-corrected chi connectivity index (χ3v) is 1.44. The fraction of sp³-hybridized carbons (Fsp3) is 0.125. The lowest BCUT2D eigenvalue weighted by atomic mass is 10.2. The lowest BCUT2D eigenvalue weighted by Gasteiger charge is -2.05. The second kappa shape index (κ2) is 3.66. The Bertz CT molecular complexity index is 325. The molecule has 0 aliphatic heterocycles. The number of amides is 1. The molecular weight excluding hydrogens is 172 g/mol. The van der Waals surface area contributed by atoms with Gasteiger partial charge in [-0.25, -0.2) is 4.79 Å². The van der Waals surface area contributed by atoms with Crippen molar-refractivity contribution >= 4 is 17.5 Å². The monoisotopic (exact) mass is 182 g/mol. The topological polar surface area (TPSA) is 84.6 Å². The molecule has 0 aliphatic carbocycles. The number of rotatable bonds is 1. The van der Waals surface area contributed by atoms with E-state index in [2.05, 4.69) is 10.1 Å². The Morgan fingerprint density at radius 2 is 2.31 bits per heavy atom. The van der Waals surface area contributed by atoms with Gasteiger partial charge in [0.05, 0.1) is 12.8 Å². The zero-order valence-electron chi connectivity index (χ0n) is 7.07. The maximum atomic E-state index is 10.7. The molecule has 0 spiro atoms. The molecule has 0 heterocycles. The van der Waals surface area contributed by atoms with Crippen LogP contribution in [-0.4, -0.2) is 18.3 Å². The molecule has 0 aromatic heterocycles. The third-order valence-electron chi connectivity index (χ3n) is 1.44. The van der Waals surface area contributed by atoms with Gasteiger partial charge in [-0.1, -0.05) is 0 Å². The average Bonchev–Trinajstić information content (AvgIpc) is 2.09. The van der Waals surface area contributed by atoms with Gasteiger partial charge in [0.15, 0.2) is 0 Å². The van der Waals surface area contributed by atoms with E-state index >= 15 is 0 Å².